The van der Waals surface area contributed by atoms with Crippen molar-refractivity contribution in [2.24, 2.45) is 5.92 Å². The van der Waals surface area contributed by atoms with E-state index in [0.29, 0.717) is 30.5 Å². The highest BCUT2D eigenvalue weighted by molar-refractivity contribution is 7.89. The molecule has 0 amide bonds. The van der Waals surface area contributed by atoms with Gasteiger partial charge in [-0.1, -0.05) is 12.5 Å². The van der Waals surface area contributed by atoms with Crippen LogP contribution in [0.25, 0.3) is 0 Å². The van der Waals surface area contributed by atoms with E-state index in [0.717, 1.165) is 45.3 Å². The lowest BCUT2D eigenvalue weighted by atomic mass is 10.1. The summed E-state index contributed by atoms with van der Waals surface area (Å²) in [6.07, 6.45) is 4.45. The highest BCUT2D eigenvalue weighted by Crippen LogP contribution is 2.31. The minimum absolute atomic E-state index is 0.0548. The molecule has 2 fully saturated rings. The highest BCUT2D eigenvalue weighted by Gasteiger charge is 2.23. The molecular formula is C20H31FN4O3S. The van der Waals surface area contributed by atoms with Gasteiger partial charge >= 0.3 is 0 Å². The van der Waals surface area contributed by atoms with Crippen LogP contribution >= 0.6 is 0 Å². The Balaban J connectivity index is 1.42. The Morgan fingerprint density at radius 2 is 2.14 bits per heavy atom. The summed E-state index contributed by atoms with van der Waals surface area (Å²) in [6, 6.07) is 4.04. The molecule has 3 rings (SSSR count). The Hall–Kier alpha value is -1.87. The SMILES string of the molecule is C[C@@H](NS(=O)(=O)CCCCCN1CCNC1=N)c1ccc(F)c(OCC2CC2)c1. The van der Waals surface area contributed by atoms with Crippen LogP contribution in [0, 0.1) is 17.1 Å². The molecule has 0 spiro atoms. The Kier molecular flexibility index (Phi) is 7.34. The average molecular weight is 427 g/mol. The third-order valence-corrected chi connectivity index (χ3v) is 6.85. The Bertz CT molecular complexity index is 814. The zero-order valence-electron chi connectivity index (χ0n) is 16.9. The fourth-order valence-corrected chi connectivity index (χ4v) is 4.69. The number of hydrogen-bond donors (Lipinski definition) is 3. The molecule has 1 aromatic rings. The van der Waals surface area contributed by atoms with Gasteiger partial charge in [0.1, 0.15) is 0 Å². The van der Waals surface area contributed by atoms with Crippen molar-refractivity contribution in [1.29, 1.82) is 5.41 Å². The van der Waals surface area contributed by atoms with Crippen LogP contribution in [0.1, 0.15) is 50.6 Å². The molecule has 2 aliphatic rings. The molecule has 1 aliphatic carbocycles. The smallest absolute Gasteiger partial charge is 0.212 e. The predicted octanol–water partition coefficient (Wildman–Crippen LogP) is 2.61. The molecule has 3 N–H and O–H groups in total. The van der Waals surface area contributed by atoms with Crippen molar-refractivity contribution in [1.82, 2.24) is 14.9 Å². The molecule has 9 heteroatoms. The molecule has 0 radical (unpaired) electrons. The molecule has 0 unspecified atom stereocenters. The second-order valence-corrected chi connectivity index (χ2v) is 9.80. The number of nitrogens with zero attached hydrogens (tertiary/aromatic N) is 1. The molecule has 0 bridgehead atoms. The minimum atomic E-state index is -3.43. The molecule has 1 saturated carbocycles. The molecule has 0 aromatic heterocycles. The molecule has 1 atom stereocenters. The van der Waals surface area contributed by atoms with Gasteiger partial charge in [0.15, 0.2) is 17.5 Å². The molecule has 1 heterocycles. The number of nitrogens with one attached hydrogen (secondary N) is 3. The number of halogens is 1. The van der Waals surface area contributed by atoms with Gasteiger partial charge in [-0.05, 0) is 56.2 Å². The molecule has 7 nitrogen and oxygen atoms in total. The van der Waals surface area contributed by atoms with Crippen molar-refractivity contribution < 1.29 is 17.5 Å². The first kappa shape index (κ1) is 21.8. The van der Waals surface area contributed by atoms with Gasteiger partial charge < -0.3 is 15.0 Å². The molecule has 29 heavy (non-hydrogen) atoms. The maximum atomic E-state index is 13.9. The van der Waals surface area contributed by atoms with E-state index in [1.54, 1.807) is 19.1 Å². The van der Waals surface area contributed by atoms with Crippen LogP contribution in [-0.2, 0) is 10.0 Å². The summed E-state index contributed by atoms with van der Waals surface area (Å²) in [5.74, 6) is 0.779. The van der Waals surface area contributed by atoms with E-state index in [1.807, 2.05) is 4.90 Å². The Morgan fingerprint density at radius 1 is 1.34 bits per heavy atom. The van der Waals surface area contributed by atoms with Gasteiger partial charge in [0.05, 0.1) is 12.4 Å². The standard InChI is InChI=1S/C20H31FN4O3S/c1-15(17-7-8-18(21)19(13-17)28-14-16-5-6-16)24-29(26,27)12-4-2-3-10-25-11-9-23-20(25)22/h7-8,13,15-16,24H,2-6,9-12,14H2,1H3,(H2,22,23)/t15-/m1/s1. The quantitative estimate of drug-likeness (QED) is 0.447. The lowest BCUT2D eigenvalue weighted by molar-refractivity contribution is 0.285. The second-order valence-electron chi connectivity index (χ2n) is 7.93. The Morgan fingerprint density at radius 3 is 2.83 bits per heavy atom. The van der Waals surface area contributed by atoms with Gasteiger partial charge in [-0.15, -0.1) is 0 Å². The van der Waals surface area contributed by atoms with Crippen LogP contribution in [-0.4, -0.2) is 51.3 Å². The maximum Gasteiger partial charge on any atom is 0.212 e. The lowest BCUT2D eigenvalue weighted by Crippen LogP contribution is -2.30. The minimum Gasteiger partial charge on any atom is -0.490 e. The van der Waals surface area contributed by atoms with E-state index in [2.05, 4.69) is 10.0 Å². The summed E-state index contributed by atoms with van der Waals surface area (Å²) in [7, 11) is -3.43. The van der Waals surface area contributed by atoms with E-state index < -0.39 is 21.9 Å². The topological polar surface area (TPSA) is 94.5 Å². The normalized spacial score (nSPS) is 18.0. The lowest BCUT2D eigenvalue weighted by Gasteiger charge is -2.17. The van der Waals surface area contributed by atoms with Gasteiger partial charge in [0, 0.05) is 25.7 Å². The predicted molar refractivity (Wildman–Crippen MR) is 111 cm³/mol. The van der Waals surface area contributed by atoms with Crippen molar-refractivity contribution in [3.63, 3.8) is 0 Å². The number of guanidine groups is 1. The fraction of sp³-hybridized carbons (Fsp3) is 0.650. The summed E-state index contributed by atoms with van der Waals surface area (Å²) in [5, 5.41) is 10.7. The number of hydrogen-bond acceptors (Lipinski definition) is 4. The van der Waals surface area contributed by atoms with E-state index in [-0.39, 0.29) is 11.5 Å². The van der Waals surface area contributed by atoms with Gasteiger partial charge in [-0.3, -0.25) is 5.41 Å². The van der Waals surface area contributed by atoms with Crippen molar-refractivity contribution >= 4 is 16.0 Å². The number of benzene rings is 1. The van der Waals surface area contributed by atoms with Gasteiger partial charge in [0.2, 0.25) is 10.0 Å². The number of sulfonamides is 1. The van der Waals surface area contributed by atoms with Gasteiger partial charge in [0.25, 0.3) is 0 Å². The van der Waals surface area contributed by atoms with Crippen molar-refractivity contribution in [2.45, 2.75) is 45.1 Å². The van der Waals surface area contributed by atoms with Crippen molar-refractivity contribution in [2.75, 3.05) is 32.0 Å². The van der Waals surface area contributed by atoms with E-state index in [1.165, 1.54) is 6.07 Å². The zero-order valence-corrected chi connectivity index (χ0v) is 17.7. The summed E-state index contributed by atoms with van der Waals surface area (Å²) in [6.45, 7) is 4.66. The van der Waals surface area contributed by atoms with Crippen LogP contribution in [0.15, 0.2) is 18.2 Å². The third-order valence-electron chi connectivity index (χ3n) is 5.31. The van der Waals surface area contributed by atoms with Crippen molar-refractivity contribution in [3.8, 4) is 5.75 Å². The first-order valence-electron chi connectivity index (χ1n) is 10.3. The zero-order chi connectivity index (χ0) is 20.9. The molecule has 1 aromatic carbocycles. The number of ether oxygens (including phenoxy) is 1. The van der Waals surface area contributed by atoms with Crippen LogP contribution < -0.4 is 14.8 Å². The highest BCUT2D eigenvalue weighted by atomic mass is 32.2. The van der Waals surface area contributed by atoms with E-state index in [9.17, 15) is 12.8 Å². The third kappa shape index (κ3) is 6.85. The number of unbranched alkanes of at least 4 members (excludes halogenated alkanes) is 2. The Labute approximate surface area is 172 Å². The van der Waals surface area contributed by atoms with Crippen LogP contribution in [0.2, 0.25) is 0 Å². The van der Waals surface area contributed by atoms with Crippen LogP contribution in [0.5, 0.6) is 5.75 Å². The van der Waals surface area contributed by atoms with Crippen molar-refractivity contribution in [3.05, 3.63) is 29.6 Å². The second kappa shape index (κ2) is 9.75. The monoisotopic (exact) mass is 426 g/mol. The molecule has 1 aliphatic heterocycles. The summed E-state index contributed by atoms with van der Waals surface area (Å²) in [5.41, 5.74) is 0.681. The van der Waals surface area contributed by atoms with Crippen LogP contribution in [0.3, 0.4) is 0 Å². The summed E-state index contributed by atoms with van der Waals surface area (Å²) >= 11 is 0. The fourth-order valence-electron chi connectivity index (χ4n) is 3.32. The molecule has 1 saturated heterocycles. The molecular weight excluding hydrogens is 395 g/mol. The number of rotatable bonds is 12. The summed E-state index contributed by atoms with van der Waals surface area (Å²) in [4.78, 5) is 1.96. The van der Waals surface area contributed by atoms with E-state index in [4.69, 9.17) is 10.1 Å². The average Bonchev–Trinajstić information content (AvgIpc) is 3.41. The first-order chi connectivity index (χ1) is 13.8. The first-order valence-corrected chi connectivity index (χ1v) is 12.0. The summed E-state index contributed by atoms with van der Waals surface area (Å²) < 4.78 is 46.9. The van der Waals surface area contributed by atoms with Gasteiger partial charge in [-0.2, -0.15) is 0 Å². The van der Waals surface area contributed by atoms with Crippen LogP contribution in [0.4, 0.5) is 4.39 Å². The van der Waals surface area contributed by atoms with E-state index >= 15 is 0 Å². The maximum absolute atomic E-state index is 13.9. The largest absolute Gasteiger partial charge is 0.490 e. The van der Waals surface area contributed by atoms with Gasteiger partial charge in [-0.25, -0.2) is 17.5 Å². The molecule has 162 valence electrons.